The molecule has 1 saturated heterocycles. The molecule has 1 aliphatic heterocycles. The second kappa shape index (κ2) is 11.2. The molecule has 31 heavy (non-hydrogen) atoms. The Morgan fingerprint density at radius 3 is 2.48 bits per heavy atom. The third-order valence-electron chi connectivity index (χ3n) is 5.08. The van der Waals surface area contributed by atoms with E-state index in [-0.39, 0.29) is 11.7 Å². The predicted octanol–water partition coefficient (Wildman–Crippen LogP) is 2.94. The van der Waals surface area contributed by atoms with Gasteiger partial charge in [0.05, 0.1) is 19.4 Å². The van der Waals surface area contributed by atoms with Gasteiger partial charge in [0, 0.05) is 37.1 Å². The van der Waals surface area contributed by atoms with Crippen LogP contribution in [0.15, 0.2) is 42.7 Å². The molecule has 0 saturated carbocycles. The summed E-state index contributed by atoms with van der Waals surface area (Å²) >= 11 is 0. The van der Waals surface area contributed by atoms with Crippen molar-refractivity contribution in [3.8, 4) is 0 Å². The zero-order valence-corrected chi connectivity index (χ0v) is 18.4. The molecule has 0 spiro atoms. The minimum Gasteiger partial charge on any atom is -0.378 e. The first-order valence-electron chi connectivity index (χ1n) is 10.5. The fourth-order valence-corrected chi connectivity index (χ4v) is 3.08. The summed E-state index contributed by atoms with van der Waals surface area (Å²) in [6.07, 6.45) is 4.49. The fraction of sp³-hybridized carbons (Fsp3) is 0.391. The molecule has 4 rings (SSSR count). The molecule has 164 valence electrons. The van der Waals surface area contributed by atoms with E-state index in [2.05, 4.69) is 44.5 Å². The van der Waals surface area contributed by atoms with Crippen molar-refractivity contribution in [3.63, 3.8) is 0 Å². The molecule has 8 nitrogen and oxygen atoms in total. The second-order valence-electron chi connectivity index (χ2n) is 7.45. The third kappa shape index (κ3) is 6.62. The summed E-state index contributed by atoms with van der Waals surface area (Å²) in [5.41, 5.74) is 4.21. The highest BCUT2D eigenvalue weighted by molar-refractivity contribution is 5.91. The lowest BCUT2D eigenvalue weighted by Gasteiger charge is -2.26. The smallest absolute Gasteiger partial charge is 0.291 e. The summed E-state index contributed by atoms with van der Waals surface area (Å²) in [7, 11) is 0. The fourth-order valence-electron chi connectivity index (χ4n) is 3.08. The number of H-pyrrole nitrogens is 1. The van der Waals surface area contributed by atoms with Crippen LogP contribution in [0.2, 0.25) is 0 Å². The highest BCUT2D eigenvalue weighted by Gasteiger charge is 2.22. The average molecular weight is 423 g/mol. The van der Waals surface area contributed by atoms with E-state index in [0.717, 1.165) is 23.2 Å². The molecule has 3 aromatic rings. The van der Waals surface area contributed by atoms with Gasteiger partial charge in [-0.25, -0.2) is 9.97 Å². The molecule has 2 aromatic heterocycles. The summed E-state index contributed by atoms with van der Waals surface area (Å²) in [6, 6.07) is 10.3. The van der Waals surface area contributed by atoms with Gasteiger partial charge in [0.2, 0.25) is 5.82 Å². The molecule has 1 aliphatic rings. The van der Waals surface area contributed by atoms with Crippen LogP contribution < -0.4 is 5.32 Å². The maximum atomic E-state index is 12.6. The van der Waals surface area contributed by atoms with Crippen LogP contribution in [0.25, 0.3) is 0 Å². The molecule has 1 aromatic carbocycles. The Labute approximate surface area is 183 Å². The summed E-state index contributed by atoms with van der Waals surface area (Å²) in [5, 5.41) is 10.0. The van der Waals surface area contributed by atoms with Crippen LogP contribution in [0.1, 0.15) is 33.0 Å². The number of aryl methyl sites for hydroxylation is 2. The van der Waals surface area contributed by atoms with Gasteiger partial charge in [0.15, 0.2) is 0 Å². The summed E-state index contributed by atoms with van der Waals surface area (Å²) in [5.74, 6) is 0.813. The highest BCUT2D eigenvalue weighted by atomic mass is 16.5. The monoisotopic (exact) mass is 422 g/mol. The zero-order chi connectivity index (χ0) is 22.1. The second-order valence-corrected chi connectivity index (χ2v) is 7.45. The maximum Gasteiger partial charge on any atom is 0.291 e. The SMILES string of the molecule is Cc1ccccc1.Cc1nc(C(=O)N2CCOCC2)nc(NCCc2cn[nH]c2)c1C. The molecule has 8 heteroatoms. The maximum absolute atomic E-state index is 12.6. The number of hydrogen-bond donors (Lipinski definition) is 2. The first-order valence-corrected chi connectivity index (χ1v) is 10.5. The quantitative estimate of drug-likeness (QED) is 0.656. The van der Waals surface area contributed by atoms with E-state index in [0.29, 0.717) is 38.7 Å². The van der Waals surface area contributed by atoms with Gasteiger partial charge in [0.25, 0.3) is 5.91 Å². The van der Waals surface area contributed by atoms with Gasteiger partial charge in [-0.1, -0.05) is 35.9 Å². The van der Waals surface area contributed by atoms with E-state index in [1.165, 1.54) is 5.56 Å². The van der Waals surface area contributed by atoms with Crippen molar-refractivity contribution >= 4 is 11.7 Å². The summed E-state index contributed by atoms with van der Waals surface area (Å²) in [6.45, 7) is 8.93. The van der Waals surface area contributed by atoms with Gasteiger partial charge in [-0.15, -0.1) is 0 Å². The molecule has 0 aliphatic carbocycles. The Morgan fingerprint density at radius 1 is 1.13 bits per heavy atom. The Bertz CT molecular complexity index is 954. The summed E-state index contributed by atoms with van der Waals surface area (Å²) in [4.78, 5) is 23.1. The molecule has 0 atom stereocenters. The van der Waals surface area contributed by atoms with E-state index in [1.54, 1.807) is 11.1 Å². The number of morpholine rings is 1. The van der Waals surface area contributed by atoms with Crippen LogP contribution in [-0.2, 0) is 11.2 Å². The molecule has 2 N–H and O–H groups in total. The van der Waals surface area contributed by atoms with Crippen LogP contribution in [0.5, 0.6) is 0 Å². The van der Waals surface area contributed by atoms with Crippen LogP contribution in [0, 0.1) is 20.8 Å². The van der Waals surface area contributed by atoms with E-state index in [4.69, 9.17) is 4.74 Å². The molecule has 1 fully saturated rings. The van der Waals surface area contributed by atoms with Crippen molar-refractivity contribution in [1.29, 1.82) is 0 Å². The largest absolute Gasteiger partial charge is 0.378 e. The van der Waals surface area contributed by atoms with Crippen molar-refractivity contribution < 1.29 is 9.53 Å². The third-order valence-corrected chi connectivity index (χ3v) is 5.08. The molecule has 0 bridgehead atoms. The number of carbonyl (C=O) groups is 1. The van der Waals surface area contributed by atoms with E-state index in [9.17, 15) is 4.79 Å². The van der Waals surface area contributed by atoms with Gasteiger partial charge >= 0.3 is 0 Å². The van der Waals surface area contributed by atoms with Gasteiger partial charge < -0.3 is 15.0 Å². The van der Waals surface area contributed by atoms with E-state index < -0.39 is 0 Å². The van der Waals surface area contributed by atoms with Gasteiger partial charge in [-0.2, -0.15) is 5.10 Å². The number of benzene rings is 1. The van der Waals surface area contributed by atoms with Crippen LogP contribution in [0.3, 0.4) is 0 Å². The standard InChI is InChI=1S/C16H22N6O2.C7H8/c1-11-12(2)20-15(16(23)22-5-7-24-8-6-22)21-14(11)17-4-3-13-9-18-19-10-13;1-7-5-3-2-4-6-7/h9-10H,3-8H2,1-2H3,(H,18,19)(H,17,20,21);2-6H,1H3. The van der Waals surface area contributed by atoms with Crippen molar-refractivity contribution in [3.05, 3.63) is 70.9 Å². The molecular formula is C23H30N6O2. The van der Waals surface area contributed by atoms with E-state index >= 15 is 0 Å². The minimum atomic E-state index is -0.140. The van der Waals surface area contributed by atoms with Crippen molar-refractivity contribution in [2.24, 2.45) is 0 Å². The van der Waals surface area contributed by atoms with Crippen LogP contribution >= 0.6 is 0 Å². The number of amides is 1. The molecule has 1 amide bonds. The number of aromatic nitrogens is 4. The molecule has 3 heterocycles. The number of ether oxygens (including phenoxy) is 1. The van der Waals surface area contributed by atoms with Gasteiger partial charge in [-0.3, -0.25) is 9.89 Å². The number of aromatic amines is 1. The number of nitrogens with zero attached hydrogens (tertiary/aromatic N) is 4. The van der Waals surface area contributed by atoms with Crippen molar-refractivity contribution in [2.45, 2.75) is 27.2 Å². The van der Waals surface area contributed by atoms with Crippen LogP contribution in [0.4, 0.5) is 5.82 Å². The van der Waals surface area contributed by atoms with Gasteiger partial charge in [0.1, 0.15) is 5.82 Å². The Balaban J connectivity index is 0.000000330. The first kappa shape index (κ1) is 22.4. The molecular weight excluding hydrogens is 392 g/mol. The Kier molecular flexibility index (Phi) is 8.12. The lowest BCUT2D eigenvalue weighted by molar-refractivity contribution is 0.0294. The number of rotatable bonds is 5. The highest BCUT2D eigenvalue weighted by Crippen LogP contribution is 2.16. The lowest BCUT2D eigenvalue weighted by Crippen LogP contribution is -2.41. The van der Waals surface area contributed by atoms with Crippen molar-refractivity contribution in [2.75, 3.05) is 38.2 Å². The molecule has 0 unspecified atom stereocenters. The summed E-state index contributed by atoms with van der Waals surface area (Å²) < 4.78 is 5.29. The Hall–Kier alpha value is -3.26. The van der Waals surface area contributed by atoms with Crippen molar-refractivity contribution in [1.82, 2.24) is 25.1 Å². The zero-order valence-electron chi connectivity index (χ0n) is 18.4. The number of carbonyl (C=O) groups excluding carboxylic acids is 1. The van der Waals surface area contributed by atoms with Crippen LogP contribution in [-0.4, -0.2) is 63.8 Å². The Morgan fingerprint density at radius 2 is 1.87 bits per heavy atom. The predicted molar refractivity (Wildman–Crippen MR) is 120 cm³/mol. The average Bonchev–Trinajstić information content (AvgIpc) is 3.31. The lowest BCUT2D eigenvalue weighted by atomic mass is 10.2. The number of anilines is 1. The normalized spacial score (nSPS) is 13.3. The van der Waals surface area contributed by atoms with Gasteiger partial charge in [-0.05, 0) is 32.8 Å². The first-order chi connectivity index (χ1) is 15.0. The number of hydrogen-bond acceptors (Lipinski definition) is 6. The van der Waals surface area contributed by atoms with E-state index in [1.807, 2.05) is 38.2 Å². The number of nitrogens with one attached hydrogen (secondary N) is 2. The minimum absolute atomic E-state index is 0.140. The molecule has 0 radical (unpaired) electrons. The topological polar surface area (TPSA) is 96.0 Å².